The minimum atomic E-state index is -0.655. The molecular weight excluding hydrogens is 308 g/mol. The number of amides is 3. The number of nitrogens with zero attached hydrogens (tertiary/aromatic N) is 1. The number of nitrogens with one attached hydrogen (secondary N) is 2. The predicted octanol–water partition coefficient (Wildman–Crippen LogP) is 2.17. The first-order valence-corrected chi connectivity index (χ1v) is 7.46. The summed E-state index contributed by atoms with van der Waals surface area (Å²) in [5.74, 6) is -1.11. The molecular formula is C17H18N4O3. The molecule has 1 heterocycles. The van der Waals surface area contributed by atoms with Crippen LogP contribution in [0.5, 0.6) is 0 Å². The molecule has 4 N–H and O–H groups in total. The van der Waals surface area contributed by atoms with Crippen LogP contribution in [0.3, 0.4) is 0 Å². The van der Waals surface area contributed by atoms with Crippen LogP contribution in [0, 0.1) is 0 Å². The third kappa shape index (κ3) is 4.64. The molecule has 0 radical (unpaired) electrons. The van der Waals surface area contributed by atoms with Crippen LogP contribution in [0.2, 0.25) is 0 Å². The number of anilines is 2. The van der Waals surface area contributed by atoms with Crippen molar-refractivity contribution in [3.63, 3.8) is 0 Å². The van der Waals surface area contributed by atoms with Crippen molar-refractivity contribution in [1.82, 2.24) is 4.98 Å². The van der Waals surface area contributed by atoms with Crippen molar-refractivity contribution in [3.8, 4) is 0 Å². The Hall–Kier alpha value is -3.22. The summed E-state index contributed by atoms with van der Waals surface area (Å²) in [6, 6.07) is 9.70. The van der Waals surface area contributed by atoms with Gasteiger partial charge in [-0.2, -0.15) is 0 Å². The van der Waals surface area contributed by atoms with Gasteiger partial charge in [-0.05, 0) is 36.8 Å². The molecule has 7 nitrogen and oxygen atoms in total. The lowest BCUT2D eigenvalue weighted by atomic mass is 10.2. The summed E-state index contributed by atoms with van der Waals surface area (Å²) in [4.78, 5) is 38.6. The van der Waals surface area contributed by atoms with Gasteiger partial charge in [0, 0.05) is 24.0 Å². The number of rotatable bonds is 6. The van der Waals surface area contributed by atoms with Crippen LogP contribution in [0.4, 0.5) is 11.4 Å². The zero-order valence-corrected chi connectivity index (χ0v) is 13.2. The number of aromatic nitrogens is 1. The second kappa shape index (κ2) is 7.87. The van der Waals surface area contributed by atoms with Crippen molar-refractivity contribution >= 4 is 29.1 Å². The van der Waals surface area contributed by atoms with E-state index in [2.05, 4.69) is 15.6 Å². The molecule has 24 heavy (non-hydrogen) atoms. The zero-order chi connectivity index (χ0) is 17.5. The van der Waals surface area contributed by atoms with Crippen molar-refractivity contribution in [1.29, 1.82) is 0 Å². The highest BCUT2D eigenvalue weighted by Gasteiger charge is 2.09. The summed E-state index contributed by atoms with van der Waals surface area (Å²) >= 11 is 0. The number of nitrogens with two attached hydrogens (primary N) is 1. The Morgan fingerprint density at radius 1 is 1.08 bits per heavy atom. The molecule has 1 aromatic heterocycles. The number of carbonyl (C=O) groups excluding carboxylic acids is 3. The second-order valence-electron chi connectivity index (χ2n) is 5.13. The molecule has 7 heteroatoms. The van der Waals surface area contributed by atoms with E-state index in [9.17, 15) is 14.4 Å². The monoisotopic (exact) mass is 326 g/mol. The fourth-order valence-corrected chi connectivity index (χ4v) is 2.00. The second-order valence-corrected chi connectivity index (χ2v) is 5.13. The Kier molecular flexibility index (Phi) is 5.62. The summed E-state index contributed by atoms with van der Waals surface area (Å²) in [5, 5.41) is 5.47. The summed E-state index contributed by atoms with van der Waals surface area (Å²) in [6.45, 7) is 1.92. The smallest absolute Gasteiger partial charge is 0.267 e. The summed E-state index contributed by atoms with van der Waals surface area (Å²) in [7, 11) is 0. The molecule has 0 unspecified atom stereocenters. The van der Waals surface area contributed by atoms with Crippen LogP contribution in [0.15, 0.2) is 42.6 Å². The van der Waals surface area contributed by atoms with Crippen molar-refractivity contribution < 1.29 is 14.4 Å². The van der Waals surface area contributed by atoms with E-state index in [0.717, 1.165) is 6.42 Å². The first kappa shape index (κ1) is 17.1. The normalized spacial score (nSPS) is 10.0. The van der Waals surface area contributed by atoms with Gasteiger partial charge in [0.2, 0.25) is 5.91 Å². The van der Waals surface area contributed by atoms with Gasteiger partial charge in [-0.3, -0.25) is 19.4 Å². The van der Waals surface area contributed by atoms with Gasteiger partial charge in [0.1, 0.15) is 5.69 Å². The van der Waals surface area contributed by atoms with E-state index in [-0.39, 0.29) is 17.5 Å². The molecule has 0 aliphatic rings. The Bertz CT molecular complexity index is 757. The third-order valence-electron chi connectivity index (χ3n) is 3.16. The predicted molar refractivity (Wildman–Crippen MR) is 90.7 cm³/mol. The molecule has 3 amide bonds. The number of pyridine rings is 1. The van der Waals surface area contributed by atoms with E-state index in [4.69, 9.17) is 5.73 Å². The zero-order valence-electron chi connectivity index (χ0n) is 13.2. The molecule has 0 fully saturated rings. The van der Waals surface area contributed by atoms with E-state index in [1.54, 1.807) is 24.3 Å². The Labute approximate surface area is 139 Å². The SMILES string of the molecule is CCCC(=O)Nc1cccc(NC(=O)c2ccc(C(N)=O)nc2)c1. The fraction of sp³-hybridized carbons (Fsp3) is 0.176. The average molecular weight is 326 g/mol. The van der Waals surface area contributed by atoms with Gasteiger partial charge >= 0.3 is 0 Å². The first-order chi connectivity index (χ1) is 11.5. The minimum Gasteiger partial charge on any atom is -0.364 e. The molecule has 0 atom stereocenters. The van der Waals surface area contributed by atoms with Gasteiger partial charge in [-0.15, -0.1) is 0 Å². The van der Waals surface area contributed by atoms with Crippen LogP contribution in [-0.2, 0) is 4.79 Å². The van der Waals surface area contributed by atoms with Gasteiger partial charge in [-0.1, -0.05) is 13.0 Å². The lowest BCUT2D eigenvalue weighted by Crippen LogP contribution is -2.16. The Morgan fingerprint density at radius 3 is 2.38 bits per heavy atom. The molecule has 0 saturated carbocycles. The summed E-state index contributed by atoms with van der Waals surface area (Å²) < 4.78 is 0. The fourth-order valence-electron chi connectivity index (χ4n) is 2.00. The van der Waals surface area contributed by atoms with E-state index in [0.29, 0.717) is 23.4 Å². The van der Waals surface area contributed by atoms with Crippen molar-refractivity contribution in [2.75, 3.05) is 10.6 Å². The molecule has 0 bridgehead atoms. The number of hydrogen-bond acceptors (Lipinski definition) is 4. The molecule has 2 aromatic rings. The van der Waals surface area contributed by atoms with E-state index in [1.807, 2.05) is 6.92 Å². The van der Waals surface area contributed by atoms with Gasteiger partial charge in [0.15, 0.2) is 0 Å². The van der Waals surface area contributed by atoms with Crippen molar-refractivity contribution in [2.24, 2.45) is 5.73 Å². The number of benzene rings is 1. The quantitative estimate of drug-likeness (QED) is 0.754. The van der Waals surface area contributed by atoms with Crippen molar-refractivity contribution in [3.05, 3.63) is 53.9 Å². The number of carbonyl (C=O) groups is 3. The summed E-state index contributed by atoms with van der Waals surface area (Å²) in [6.07, 6.45) is 2.48. The highest BCUT2D eigenvalue weighted by atomic mass is 16.2. The molecule has 124 valence electrons. The standard InChI is InChI=1S/C17H18N4O3/c1-2-4-15(22)20-12-5-3-6-13(9-12)21-17(24)11-7-8-14(16(18)23)19-10-11/h3,5-10H,2,4H2,1H3,(H2,18,23)(H,20,22)(H,21,24). The average Bonchev–Trinajstić information content (AvgIpc) is 2.55. The highest BCUT2D eigenvalue weighted by Crippen LogP contribution is 2.16. The lowest BCUT2D eigenvalue weighted by Gasteiger charge is -2.09. The topological polar surface area (TPSA) is 114 Å². The molecule has 1 aromatic carbocycles. The van der Waals surface area contributed by atoms with E-state index >= 15 is 0 Å². The molecule has 0 aliphatic carbocycles. The van der Waals surface area contributed by atoms with E-state index in [1.165, 1.54) is 18.3 Å². The summed E-state index contributed by atoms with van der Waals surface area (Å²) in [5.41, 5.74) is 6.63. The highest BCUT2D eigenvalue weighted by molar-refractivity contribution is 6.05. The minimum absolute atomic E-state index is 0.0767. The van der Waals surface area contributed by atoms with Crippen LogP contribution in [-0.4, -0.2) is 22.7 Å². The molecule has 2 rings (SSSR count). The molecule has 0 saturated heterocycles. The maximum atomic E-state index is 12.2. The van der Waals surface area contributed by atoms with Crippen molar-refractivity contribution in [2.45, 2.75) is 19.8 Å². The molecule has 0 spiro atoms. The first-order valence-electron chi connectivity index (χ1n) is 7.46. The Morgan fingerprint density at radius 2 is 1.79 bits per heavy atom. The number of hydrogen-bond donors (Lipinski definition) is 3. The van der Waals surface area contributed by atoms with Gasteiger partial charge < -0.3 is 16.4 Å². The van der Waals surface area contributed by atoms with Gasteiger partial charge in [-0.25, -0.2) is 0 Å². The van der Waals surface area contributed by atoms with Crippen LogP contribution in [0.25, 0.3) is 0 Å². The van der Waals surface area contributed by atoms with Crippen LogP contribution >= 0.6 is 0 Å². The Balaban J connectivity index is 2.06. The third-order valence-corrected chi connectivity index (χ3v) is 3.16. The van der Waals surface area contributed by atoms with Crippen LogP contribution in [0.1, 0.15) is 40.6 Å². The van der Waals surface area contributed by atoms with Crippen LogP contribution < -0.4 is 16.4 Å². The van der Waals surface area contributed by atoms with Gasteiger partial charge in [0.25, 0.3) is 11.8 Å². The number of primary amides is 1. The van der Waals surface area contributed by atoms with E-state index < -0.39 is 5.91 Å². The maximum absolute atomic E-state index is 12.2. The largest absolute Gasteiger partial charge is 0.364 e. The molecule has 0 aliphatic heterocycles. The van der Waals surface area contributed by atoms with Gasteiger partial charge in [0.05, 0.1) is 5.56 Å². The lowest BCUT2D eigenvalue weighted by molar-refractivity contribution is -0.116. The maximum Gasteiger partial charge on any atom is 0.267 e.